The SMILES string of the molecule is O=C1C=C2c3c(O)cc(OCCCc4cccnc4)cc3[C@H]3CCCC[C@H]3[C@H]2CC1. The highest BCUT2D eigenvalue weighted by Crippen LogP contribution is 2.57. The molecular formula is C26H29NO3. The van der Waals surface area contributed by atoms with Crippen molar-refractivity contribution in [1.29, 1.82) is 0 Å². The predicted octanol–water partition coefficient (Wildman–Crippen LogP) is 5.45. The summed E-state index contributed by atoms with van der Waals surface area (Å²) in [5.74, 6) is 2.67. The van der Waals surface area contributed by atoms with Crippen LogP contribution in [0.1, 0.15) is 67.6 Å². The van der Waals surface area contributed by atoms with Crippen LogP contribution in [0.15, 0.2) is 42.7 Å². The Morgan fingerprint density at radius 3 is 2.90 bits per heavy atom. The van der Waals surface area contributed by atoms with Gasteiger partial charge in [-0.1, -0.05) is 18.9 Å². The van der Waals surface area contributed by atoms with Gasteiger partial charge in [0.1, 0.15) is 11.5 Å². The Hall–Kier alpha value is -2.62. The third-order valence-electron chi connectivity index (χ3n) is 7.16. The maximum Gasteiger partial charge on any atom is 0.156 e. The minimum atomic E-state index is 0.191. The van der Waals surface area contributed by atoms with Crippen LogP contribution >= 0.6 is 0 Å². The van der Waals surface area contributed by atoms with Gasteiger partial charge in [-0.3, -0.25) is 9.78 Å². The Balaban J connectivity index is 1.39. The number of fused-ring (bicyclic) bond motifs is 6. The number of rotatable bonds is 5. The molecular weight excluding hydrogens is 374 g/mol. The molecule has 4 nitrogen and oxygen atoms in total. The molecule has 0 amide bonds. The van der Waals surface area contributed by atoms with Gasteiger partial charge in [-0.05, 0) is 84.8 Å². The first kappa shape index (κ1) is 19.3. The zero-order chi connectivity index (χ0) is 20.5. The maximum absolute atomic E-state index is 12.2. The minimum Gasteiger partial charge on any atom is -0.507 e. The van der Waals surface area contributed by atoms with Crippen LogP contribution in [0.2, 0.25) is 0 Å². The van der Waals surface area contributed by atoms with Crippen LogP contribution in [0, 0.1) is 11.8 Å². The number of phenolic OH excluding ortho intramolecular Hbond substituents is 1. The summed E-state index contributed by atoms with van der Waals surface area (Å²) in [7, 11) is 0. The van der Waals surface area contributed by atoms with Crippen molar-refractivity contribution in [2.75, 3.05) is 6.61 Å². The lowest BCUT2D eigenvalue weighted by Gasteiger charge is -2.45. The molecule has 0 unspecified atom stereocenters. The molecule has 156 valence electrons. The zero-order valence-electron chi connectivity index (χ0n) is 17.3. The molecule has 1 saturated carbocycles. The molecule has 3 aliphatic carbocycles. The number of aryl methyl sites for hydroxylation is 1. The third kappa shape index (κ3) is 3.64. The van der Waals surface area contributed by atoms with E-state index in [0.717, 1.165) is 36.1 Å². The maximum atomic E-state index is 12.2. The molecule has 0 aliphatic heterocycles. The molecule has 5 rings (SSSR count). The number of aromatic nitrogens is 1. The summed E-state index contributed by atoms with van der Waals surface area (Å²) in [6.07, 6.45) is 13.8. The number of nitrogens with zero attached hydrogens (tertiary/aromatic N) is 1. The summed E-state index contributed by atoms with van der Waals surface area (Å²) < 4.78 is 6.04. The predicted molar refractivity (Wildman–Crippen MR) is 117 cm³/mol. The fraction of sp³-hybridized carbons (Fsp3) is 0.462. The van der Waals surface area contributed by atoms with Crippen molar-refractivity contribution in [1.82, 2.24) is 4.98 Å². The molecule has 1 aromatic carbocycles. The molecule has 1 heterocycles. The van der Waals surface area contributed by atoms with Gasteiger partial charge in [0.05, 0.1) is 6.61 Å². The first-order valence-electron chi connectivity index (χ1n) is 11.3. The Bertz CT molecular complexity index is 966. The first-order chi connectivity index (χ1) is 14.7. The molecule has 0 radical (unpaired) electrons. The van der Waals surface area contributed by atoms with Gasteiger partial charge in [-0.2, -0.15) is 0 Å². The summed E-state index contributed by atoms with van der Waals surface area (Å²) in [4.78, 5) is 16.3. The van der Waals surface area contributed by atoms with Crippen LogP contribution in [0.4, 0.5) is 0 Å². The van der Waals surface area contributed by atoms with Crippen molar-refractivity contribution in [3.05, 3.63) is 59.4 Å². The number of hydrogen-bond acceptors (Lipinski definition) is 4. The molecule has 1 N–H and O–H groups in total. The second kappa shape index (κ2) is 8.25. The summed E-state index contributed by atoms with van der Waals surface area (Å²) in [6, 6.07) is 7.91. The average Bonchev–Trinajstić information content (AvgIpc) is 2.77. The summed E-state index contributed by atoms with van der Waals surface area (Å²) in [6.45, 7) is 0.602. The molecule has 0 bridgehead atoms. The van der Waals surface area contributed by atoms with Gasteiger partial charge in [0.25, 0.3) is 0 Å². The van der Waals surface area contributed by atoms with Crippen LogP contribution in [0.5, 0.6) is 11.5 Å². The summed E-state index contributed by atoms with van der Waals surface area (Å²) >= 11 is 0. The standard InChI is InChI=1S/C26H29NO3/c28-18-9-10-22-20-7-1-2-8-21(20)24-14-19(15-25(29)26(24)23(22)13-18)30-12-4-6-17-5-3-11-27-16-17/h3,5,11,13-16,20-22,29H,1-2,4,6-10,12H2/t20-,21+,22-/m1/s1. The van der Waals surface area contributed by atoms with E-state index in [1.807, 2.05) is 18.3 Å². The van der Waals surface area contributed by atoms with E-state index in [9.17, 15) is 9.90 Å². The molecule has 0 saturated heterocycles. The zero-order valence-corrected chi connectivity index (χ0v) is 17.3. The number of carbonyl (C=O) groups is 1. The van der Waals surface area contributed by atoms with E-state index in [4.69, 9.17) is 4.74 Å². The van der Waals surface area contributed by atoms with Crippen molar-refractivity contribution >= 4 is 11.4 Å². The number of benzene rings is 1. The molecule has 3 aliphatic rings. The van der Waals surface area contributed by atoms with Gasteiger partial charge in [0, 0.05) is 30.4 Å². The minimum absolute atomic E-state index is 0.191. The molecule has 0 spiro atoms. The average molecular weight is 404 g/mol. The number of ketones is 1. The third-order valence-corrected chi connectivity index (χ3v) is 7.16. The molecule has 30 heavy (non-hydrogen) atoms. The van der Waals surface area contributed by atoms with Gasteiger partial charge in [-0.15, -0.1) is 0 Å². The normalized spacial score (nSPS) is 25.0. The van der Waals surface area contributed by atoms with Crippen molar-refractivity contribution in [2.24, 2.45) is 11.8 Å². The van der Waals surface area contributed by atoms with Gasteiger partial charge in [0.15, 0.2) is 5.78 Å². The van der Waals surface area contributed by atoms with Crippen LogP contribution in [-0.2, 0) is 11.2 Å². The molecule has 2 aromatic rings. The topological polar surface area (TPSA) is 59.4 Å². The van der Waals surface area contributed by atoms with Crippen LogP contribution < -0.4 is 4.74 Å². The second-order valence-corrected chi connectivity index (χ2v) is 8.99. The number of pyridine rings is 1. The number of phenols is 1. The number of ether oxygens (including phenoxy) is 1. The molecule has 3 atom stereocenters. The molecule has 1 fully saturated rings. The second-order valence-electron chi connectivity index (χ2n) is 8.99. The molecule has 1 aromatic heterocycles. The highest BCUT2D eigenvalue weighted by molar-refractivity contribution is 6.00. The van der Waals surface area contributed by atoms with Crippen molar-refractivity contribution in [3.8, 4) is 11.5 Å². The summed E-state index contributed by atoms with van der Waals surface area (Å²) in [5, 5.41) is 10.9. The Morgan fingerprint density at radius 2 is 2.03 bits per heavy atom. The Kier molecular flexibility index (Phi) is 5.32. The van der Waals surface area contributed by atoms with Crippen LogP contribution in [-0.4, -0.2) is 22.5 Å². The van der Waals surface area contributed by atoms with Gasteiger partial charge in [-0.25, -0.2) is 0 Å². The van der Waals surface area contributed by atoms with E-state index in [-0.39, 0.29) is 11.5 Å². The number of carbonyl (C=O) groups excluding carboxylic acids is 1. The van der Waals surface area contributed by atoms with Crippen molar-refractivity contribution in [3.63, 3.8) is 0 Å². The van der Waals surface area contributed by atoms with Crippen molar-refractivity contribution < 1.29 is 14.6 Å². The number of aromatic hydroxyl groups is 1. The Morgan fingerprint density at radius 1 is 1.13 bits per heavy atom. The van der Waals surface area contributed by atoms with Crippen LogP contribution in [0.25, 0.3) is 5.57 Å². The lowest BCUT2D eigenvalue weighted by molar-refractivity contribution is -0.115. The lowest BCUT2D eigenvalue weighted by Crippen LogP contribution is -2.33. The Labute approximate surface area is 178 Å². The van der Waals surface area contributed by atoms with Crippen molar-refractivity contribution in [2.45, 2.75) is 57.3 Å². The molecule has 4 heteroatoms. The fourth-order valence-electron chi connectivity index (χ4n) is 5.86. The number of allylic oxidation sites excluding steroid dienone is 2. The van der Waals surface area contributed by atoms with Gasteiger partial charge in [0.2, 0.25) is 0 Å². The monoisotopic (exact) mass is 403 g/mol. The highest BCUT2D eigenvalue weighted by Gasteiger charge is 2.43. The van der Waals surface area contributed by atoms with E-state index in [0.29, 0.717) is 30.8 Å². The highest BCUT2D eigenvalue weighted by atomic mass is 16.5. The smallest absolute Gasteiger partial charge is 0.156 e. The first-order valence-corrected chi connectivity index (χ1v) is 11.3. The lowest BCUT2D eigenvalue weighted by atomic mass is 9.59. The van der Waals surface area contributed by atoms with Gasteiger partial charge >= 0.3 is 0 Å². The van der Waals surface area contributed by atoms with Crippen LogP contribution in [0.3, 0.4) is 0 Å². The van der Waals surface area contributed by atoms with E-state index in [2.05, 4.69) is 17.1 Å². The quantitative estimate of drug-likeness (QED) is 0.675. The number of hydrogen-bond donors (Lipinski definition) is 1. The largest absolute Gasteiger partial charge is 0.507 e. The van der Waals surface area contributed by atoms with E-state index in [1.54, 1.807) is 12.3 Å². The van der Waals surface area contributed by atoms with Gasteiger partial charge < -0.3 is 9.84 Å². The summed E-state index contributed by atoms with van der Waals surface area (Å²) in [5.41, 5.74) is 4.39. The van der Waals surface area contributed by atoms with E-state index in [1.165, 1.54) is 36.8 Å². The van der Waals surface area contributed by atoms with E-state index >= 15 is 0 Å². The fourth-order valence-corrected chi connectivity index (χ4v) is 5.86. The van der Waals surface area contributed by atoms with E-state index < -0.39 is 0 Å².